The molecular weight excluding hydrogens is 152 g/mol. The summed E-state index contributed by atoms with van der Waals surface area (Å²) in [4.78, 5) is 15.8. The number of aryl methyl sites for hydroxylation is 1. The Bertz CT molecular complexity index is 317. The van der Waals surface area contributed by atoms with Gasteiger partial charge in [0.15, 0.2) is 5.82 Å². The molecule has 0 spiro atoms. The highest BCUT2D eigenvalue weighted by Gasteiger charge is 1.99. The zero-order valence-electron chi connectivity index (χ0n) is 7.15. The number of rotatable bonds is 2. The van der Waals surface area contributed by atoms with Crippen molar-refractivity contribution in [3.05, 3.63) is 12.0 Å². The van der Waals surface area contributed by atoms with Gasteiger partial charge >= 0.3 is 0 Å². The van der Waals surface area contributed by atoms with Crippen molar-refractivity contribution in [2.24, 2.45) is 9.98 Å². The number of aliphatic imine (C=N–C) groups is 2. The Morgan fingerprint density at radius 2 is 2.33 bits per heavy atom. The summed E-state index contributed by atoms with van der Waals surface area (Å²) >= 11 is 0. The van der Waals surface area contributed by atoms with Gasteiger partial charge in [-0.15, -0.1) is 0 Å². The summed E-state index contributed by atoms with van der Waals surface area (Å²) in [7, 11) is 0. The van der Waals surface area contributed by atoms with Crippen molar-refractivity contribution in [2.45, 2.75) is 13.8 Å². The van der Waals surface area contributed by atoms with Crippen LogP contribution < -0.4 is 0 Å². The van der Waals surface area contributed by atoms with Crippen molar-refractivity contribution in [1.82, 2.24) is 9.97 Å². The third kappa shape index (κ3) is 1.72. The molecule has 0 unspecified atom stereocenters. The SMILES string of the molecule is C=Nc1nc(C)ncc1/N=C\C. The summed E-state index contributed by atoms with van der Waals surface area (Å²) in [6.07, 6.45) is 3.30. The van der Waals surface area contributed by atoms with Gasteiger partial charge in [-0.2, -0.15) is 0 Å². The summed E-state index contributed by atoms with van der Waals surface area (Å²) in [6.45, 7) is 7.03. The van der Waals surface area contributed by atoms with Crippen LogP contribution in [0.1, 0.15) is 12.7 Å². The van der Waals surface area contributed by atoms with Crippen molar-refractivity contribution in [1.29, 1.82) is 0 Å². The van der Waals surface area contributed by atoms with Crippen LogP contribution in [0.15, 0.2) is 16.2 Å². The number of nitrogens with zero attached hydrogens (tertiary/aromatic N) is 4. The van der Waals surface area contributed by atoms with Gasteiger partial charge in [0.2, 0.25) is 0 Å². The van der Waals surface area contributed by atoms with Crippen molar-refractivity contribution in [3.8, 4) is 0 Å². The summed E-state index contributed by atoms with van der Waals surface area (Å²) < 4.78 is 0. The molecule has 0 aliphatic carbocycles. The first kappa shape index (κ1) is 8.52. The second kappa shape index (κ2) is 3.71. The normalized spacial score (nSPS) is 10.5. The van der Waals surface area contributed by atoms with Gasteiger partial charge in [0.05, 0.1) is 6.20 Å². The molecule has 4 heteroatoms. The van der Waals surface area contributed by atoms with Gasteiger partial charge in [-0.1, -0.05) is 0 Å². The topological polar surface area (TPSA) is 50.5 Å². The molecule has 12 heavy (non-hydrogen) atoms. The molecule has 0 radical (unpaired) electrons. The molecule has 1 rings (SSSR count). The zero-order valence-corrected chi connectivity index (χ0v) is 7.15. The molecule has 0 bridgehead atoms. The lowest BCUT2D eigenvalue weighted by molar-refractivity contribution is 1.05. The molecule has 0 aliphatic rings. The Balaban J connectivity index is 3.19. The van der Waals surface area contributed by atoms with Crippen LogP contribution in [-0.2, 0) is 0 Å². The van der Waals surface area contributed by atoms with Crippen LogP contribution in [-0.4, -0.2) is 22.9 Å². The Morgan fingerprint density at radius 1 is 1.58 bits per heavy atom. The molecule has 0 aromatic carbocycles. The fourth-order valence-electron chi connectivity index (χ4n) is 0.798. The van der Waals surface area contributed by atoms with E-state index in [0.29, 0.717) is 17.3 Å². The van der Waals surface area contributed by atoms with E-state index in [4.69, 9.17) is 0 Å². The third-order valence-corrected chi connectivity index (χ3v) is 1.29. The molecule has 0 saturated heterocycles. The fourth-order valence-corrected chi connectivity index (χ4v) is 0.798. The standard InChI is InChI=1S/C8H10N4/c1-4-10-7-5-11-6(2)12-8(7)9-3/h4-5H,3H2,1-2H3/b10-4-. The molecule has 0 atom stereocenters. The van der Waals surface area contributed by atoms with Crippen LogP contribution >= 0.6 is 0 Å². The lowest BCUT2D eigenvalue weighted by atomic mass is 10.4. The second-order valence-corrected chi connectivity index (χ2v) is 2.17. The molecule has 0 aliphatic heterocycles. The first-order valence-electron chi connectivity index (χ1n) is 3.57. The van der Waals surface area contributed by atoms with Crippen molar-refractivity contribution in [3.63, 3.8) is 0 Å². The highest BCUT2D eigenvalue weighted by Crippen LogP contribution is 2.22. The zero-order chi connectivity index (χ0) is 8.97. The fraction of sp³-hybridized carbons (Fsp3) is 0.250. The van der Waals surface area contributed by atoms with Crippen LogP contribution in [0, 0.1) is 6.92 Å². The number of hydrogen-bond donors (Lipinski definition) is 0. The Kier molecular flexibility index (Phi) is 2.63. The maximum atomic E-state index is 4.06. The molecule has 0 amide bonds. The van der Waals surface area contributed by atoms with Gasteiger partial charge in [-0.25, -0.2) is 15.0 Å². The van der Waals surface area contributed by atoms with E-state index in [-0.39, 0.29) is 0 Å². The average molecular weight is 162 g/mol. The maximum Gasteiger partial charge on any atom is 0.180 e. The lowest BCUT2D eigenvalue weighted by Crippen LogP contribution is -1.85. The molecule has 1 heterocycles. The summed E-state index contributed by atoms with van der Waals surface area (Å²) in [5, 5.41) is 0. The molecule has 1 aromatic heterocycles. The third-order valence-electron chi connectivity index (χ3n) is 1.29. The first-order valence-corrected chi connectivity index (χ1v) is 3.57. The monoisotopic (exact) mass is 162 g/mol. The smallest absolute Gasteiger partial charge is 0.180 e. The van der Waals surface area contributed by atoms with Gasteiger partial charge in [-0.3, -0.25) is 4.99 Å². The minimum Gasteiger partial charge on any atom is -0.256 e. The Labute approximate surface area is 71.1 Å². The van der Waals surface area contributed by atoms with Gasteiger partial charge < -0.3 is 0 Å². The number of hydrogen-bond acceptors (Lipinski definition) is 4. The van der Waals surface area contributed by atoms with Gasteiger partial charge in [0.25, 0.3) is 0 Å². The van der Waals surface area contributed by atoms with Gasteiger partial charge in [-0.05, 0) is 20.6 Å². The second-order valence-electron chi connectivity index (χ2n) is 2.17. The van der Waals surface area contributed by atoms with E-state index in [0.717, 1.165) is 0 Å². The van der Waals surface area contributed by atoms with Gasteiger partial charge in [0.1, 0.15) is 11.5 Å². The summed E-state index contributed by atoms with van der Waals surface area (Å²) in [6, 6.07) is 0. The van der Waals surface area contributed by atoms with Crippen LogP contribution in [0.5, 0.6) is 0 Å². The minimum absolute atomic E-state index is 0.528. The molecular formula is C8H10N4. The lowest BCUT2D eigenvalue weighted by Gasteiger charge is -1.97. The van der Waals surface area contributed by atoms with Gasteiger partial charge in [0, 0.05) is 6.21 Å². The van der Waals surface area contributed by atoms with Crippen molar-refractivity contribution in [2.75, 3.05) is 0 Å². The molecule has 0 saturated carbocycles. The van der Waals surface area contributed by atoms with E-state index in [1.807, 2.05) is 6.92 Å². The quantitative estimate of drug-likeness (QED) is 0.623. The first-order chi connectivity index (χ1) is 5.77. The highest BCUT2D eigenvalue weighted by atomic mass is 15.0. The van der Waals surface area contributed by atoms with Crippen LogP contribution in [0.25, 0.3) is 0 Å². The molecule has 62 valence electrons. The summed E-state index contributed by atoms with van der Waals surface area (Å²) in [5.41, 5.74) is 0.651. The maximum absolute atomic E-state index is 4.06. The molecule has 0 fully saturated rings. The highest BCUT2D eigenvalue weighted by molar-refractivity contribution is 5.67. The van der Waals surface area contributed by atoms with E-state index in [9.17, 15) is 0 Å². The Hall–Kier alpha value is -1.58. The van der Waals surface area contributed by atoms with Crippen LogP contribution in [0.3, 0.4) is 0 Å². The van der Waals surface area contributed by atoms with E-state index in [2.05, 4.69) is 26.7 Å². The minimum atomic E-state index is 0.528. The van der Waals surface area contributed by atoms with E-state index in [1.165, 1.54) is 0 Å². The van der Waals surface area contributed by atoms with E-state index in [1.54, 1.807) is 19.3 Å². The predicted octanol–water partition coefficient (Wildman–Crippen LogP) is 1.84. The average Bonchev–Trinajstić information content (AvgIpc) is 2.08. The number of aromatic nitrogens is 2. The predicted molar refractivity (Wildman–Crippen MR) is 49.8 cm³/mol. The van der Waals surface area contributed by atoms with E-state index >= 15 is 0 Å². The van der Waals surface area contributed by atoms with Crippen molar-refractivity contribution < 1.29 is 0 Å². The van der Waals surface area contributed by atoms with Crippen LogP contribution in [0.2, 0.25) is 0 Å². The van der Waals surface area contributed by atoms with Crippen LogP contribution in [0.4, 0.5) is 11.5 Å². The van der Waals surface area contributed by atoms with Crippen molar-refractivity contribution >= 4 is 24.4 Å². The largest absolute Gasteiger partial charge is 0.256 e. The molecule has 1 aromatic rings. The summed E-state index contributed by atoms with van der Waals surface area (Å²) in [5.74, 6) is 1.20. The van der Waals surface area contributed by atoms with E-state index < -0.39 is 0 Å². The Morgan fingerprint density at radius 3 is 2.92 bits per heavy atom. The molecule has 4 nitrogen and oxygen atoms in total. The molecule has 0 N–H and O–H groups in total.